The van der Waals surface area contributed by atoms with Gasteiger partial charge in [-0.3, -0.25) is 9.59 Å². The standard InChI is InChI=1S/C17H13NO6/c1-18-17(23)16-13(8-2-4-9(19)5-3-8)15(22)14-11(21)6-10(20)7-12(14)24-16/h2-7,19-21H,1H3,(H,18,23). The molecule has 2 aromatic carbocycles. The molecule has 7 nitrogen and oxygen atoms in total. The number of phenols is 3. The van der Waals surface area contributed by atoms with Crippen LogP contribution in [0.25, 0.3) is 22.1 Å². The molecule has 0 saturated heterocycles. The highest BCUT2D eigenvalue weighted by Gasteiger charge is 2.23. The number of aromatic hydroxyl groups is 3. The van der Waals surface area contributed by atoms with Gasteiger partial charge in [0.25, 0.3) is 5.91 Å². The van der Waals surface area contributed by atoms with E-state index < -0.39 is 17.1 Å². The summed E-state index contributed by atoms with van der Waals surface area (Å²) in [4.78, 5) is 25.0. The van der Waals surface area contributed by atoms with Crippen LogP contribution in [0.4, 0.5) is 0 Å². The van der Waals surface area contributed by atoms with Crippen LogP contribution in [0.2, 0.25) is 0 Å². The van der Waals surface area contributed by atoms with E-state index in [1.165, 1.54) is 31.3 Å². The first-order valence-corrected chi connectivity index (χ1v) is 6.96. The van der Waals surface area contributed by atoms with Crippen LogP contribution in [0.15, 0.2) is 45.6 Å². The van der Waals surface area contributed by atoms with Gasteiger partial charge < -0.3 is 25.1 Å². The fourth-order valence-electron chi connectivity index (χ4n) is 2.45. The molecular weight excluding hydrogens is 314 g/mol. The molecule has 1 amide bonds. The number of rotatable bonds is 2. The first kappa shape index (κ1) is 15.4. The molecule has 0 spiro atoms. The lowest BCUT2D eigenvalue weighted by atomic mass is 10.0. The number of hydrogen-bond acceptors (Lipinski definition) is 6. The lowest BCUT2D eigenvalue weighted by Gasteiger charge is -2.10. The molecule has 1 heterocycles. The number of hydrogen-bond donors (Lipinski definition) is 4. The largest absolute Gasteiger partial charge is 0.508 e. The van der Waals surface area contributed by atoms with Gasteiger partial charge in [0, 0.05) is 19.2 Å². The minimum Gasteiger partial charge on any atom is -0.508 e. The molecule has 0 aliphatic rings. The van der Waals surface area contributed by atoms with Crippen LogP contribution in [-0.2, 0) is 0 Å². The number of nitrogens with one attached hydrogen (secondary N) is 1. The Kier molecular flexibility index (Phi) is 3.61. The monoisotopic (exact) mass is 327 g/mol. The molecule has 1 aromatic heterocycles. The van der Waals surface area contributed by atoms with Gasteiger partial charge in [0.1, 0.15) is 28.2 Å². The van der Waals surface area contributed by atoms with Crippen molar-refractivity contribution in [3.05, 3.63) is 52.4 Å². The summed E-state index contributed by atoms with van der Waals surface area (Å²) in [5.41, 5.74) is -0.450. The Morgan fingerprint density at radius 3 is 2.33 bits per heavy atom. The third-order valence-electron chi connectivity index (χ3n) is 3.55. The average molecular weight is 327 g/mol. The van der Waals surface area contributed by atoms with Crippen LogP contribution in [0.5, 0.6) is 17.2 Å². The molecule has 0 radical (unpaired) electrons. The molecule has 0 bridgehead atoms. The molecule has 0 unspecified atom stereocenters. The van der Waals surface area contributed by atoms with Crippen molar-refractivity contribution in [1.82, 2.24) is 5.32 Å². The van der Waals surface area contributed by atoms with Crippen molar-refractivity contribution in [3.8, 4) is 28.4 Å². The molecule has 0 aliphatic carbocycles. The molecule has 0 aliphatic heterocycles. The normalized spacial score (nSPS) is 10.7. The fraction of sp³-hybridized carbons (Fsp3) is 0.0588. The lowest BCUT2D eigenvalue weighted by Crippen LogP contribution is -2.22. The van der Waals surface area contributed by atoms with E-state index in [1.54, 1.807) is 0 Å². The van der Waals surface area contributed by atoms with E-state index in [4.69, 9.17) is 4.42 Å². The average Bonchev–Trinajstić information content (AvgIpc) is 2.54. The Morgan fingerprint density at radius 2 is 1.71 bits per heavy atom. The van der Waals surface area contributed by atoms with Crippen molar-refractivity contribution in [1.29, 1.82) is 0 Å². The molecule has 7 heteroatoms. The van der Waals surface area contributed by atoms with Gasteiger partial charge in [-0.05, 0) is 17.7 Å². The van der Waals surface area contributed by atoms with E-state index in [9.17, 15) is 24.9 Å². The molecule has 24 heavy (non-hydrogen) atoms. The molecule has 4 N–H and O–H groups in total. The second kappa shape index (κ2) is 5.62. The molecule has 3 rings (SSSR count). The minimum atomic E-state index is -0.639. The Hall–Kier alpha value is -3.48. The maximum Gasteiger partial charge on any atom is 0.287 e. The maximum atomic E-state index is 12.8. The van der Waals surface area contributed by atoms with Gasteiger partial charge in [0.05, 0.1) is 5.56 Å². The molecule has 0 saturated carbocycles. The van der Waals surface area contributed by atoms with Gasteiger partial charge in [-0.25, -0.2) is 0 Å². The number of phenolic OH excluding ortho intramolecular Hbond substituents is 3. The lowest BCUT2D eigenvalue weighted by molar-refractivity contribution is 0.0937. The fourth-order valence-corrected chi connectivity index (χ4v) is 2.45. The van der Waals surface area contributed by atoms with E-state index in [0.717, 1.165) is 12.1 Å². The highest BCUT2D eigenvalue weighted by molar-refractivity contribution is 6.01. The van der Waals surface area contributed by atoms with Gasteiger partial charge in [-0.1, -0.05) is 12.1 Å². The quantitative estimate of drug-likeness (QED) is 0.571. The van der Waals surface area contributed by atoms with Gasteiger partial charge in [-0.15, -0.1) is 0 Å². The summed E-state index contributed by atoms with van der Waals surface area (Å²) < 4.78 is 5.48. The molecule has 0 fully saturated rings. The second-order valence-electron chi connectivity index (χ2n) is 5.10. The smallest absolute Gasteiger partial charge is 0.287 e. The van der Waals surface area contributed by atoms with Crippen LogP contribution in [-0.4, -0.2) is 28.3 Å². The number of carbonyl (C=O) groups excluding carboxylic acids is 1. The SMILES string of the molecule is CNC(=O)c1oc2cc(O)cc(O)c2c(=O)c1-c1ccc(O)cc1. The minimum absolute atomic E-state index is 0.00168. The van der Waals surface area contributed by atoms with E-state index in [1.807, 2.05) is 0 Å². The van der Waals surface area contributed by atoms with Crippen molar-refractivity contribution in [2.24, 2.45) is 0 Å². The zero-order chi connectivity index (χ0) is 17.4. The summed E-state index contributed by atoms with van der Waals surface area (Å²) in [6.07, 6.45) is 0. The Labute approximate surface area is 135 Å². The van der Waals surface area contributed by atoms with E-state index in [0.29, 0.717) is 5.56 Å². The molecule has 122 valence electrons. The number of amides is 1. The first-order valence-electron chi connectivity index (χ1n) is 6.96. The van der Waals surface area contributed by atoms with E-state index >= 15 is 0 Å². The zero-order valence-electron chi connectivity index (χ0n) is 12.5. The van der Waals surface area contributed by atoms with Crippen molar-refractivity contribution in [3.63, 3.8) is 0 Å². The predicted octanol–water partition coefficient (Wildman–Crippen LogP) is 1.94. The number of carbonyl (C=O) groups is 1. The van der Waals surface area contributed by atoms with Crippen LogP contribution >= 0.6 is 0 Å². The summed E-state index contributed by atoms with van der Waals surface area (Å²) in [5.74, 6) is -1.66. The molecular formula is C17H13NO6. The van der Waals surface area contributed by atoms with Gasteiger partial charge in [-0.2, -0.15) is 0 Å². The van der Waals surface area contributed by atoms with Gasteiger partial charge >= 0.3 is 0 Å². The van der Waals surface area contributed by atoms with Crippen molar-refractivity contribution >= 4 is 16.9 Å². The summed E-state index contributed by atoms with van der Waals surface area (Å²) in [7, 11) is 1.38. The van der Waals surface area contributed by atoms with Crippen LogP contribution in [0.3, 0.4) is 0 Å². The molecule has 0 atom stereocenters. The van der Waals surface area contributed by atoms with E-state index in [2.05, 4.69) is 5.32 Å². The third-order valence-corrected chi connectivity index (χ3v) is 3.55. The highest BCUT2D eigenvalue weighted by atomic mass is 16.3. The zero-order valence-corrected chi connectivity index (χ0v) is 12.5. The maximum absolute atomic E-state index is 12.8. The van der Waals surface area contributed by atoms with Gasteiger partial charge in [0.15, 0.2) is 0 Å². The van der Waals surface area contributed by atoms with Crippen LogP contribution in [0.1, 0.15) is 10.6 Å². The van der Waals surface area contributed by atoms with Gasteiger partial charge in [0.2, 0.25) is 11.2 Å². The predicted molar refractivity (Wildman–Crippen MR) is 86.3 cm³/mol. The second-order valence-corrected chi connectivity index (χ2v) is 5.10. The van der Waals surface area contributed by atoms with Crippen molar-refractivity contribution < 1.29 is 24.5 Å². The highest BCUT2D eigenvalue weighted by Crippen LogP contribution is 2.32. The van der Waals surface area contributed by atoms with Crippen LogP contribution < -0.4 is 10.7 Å². The van der Waals surface area contributed by atoms with Crippen LogP contribution in [0, 0.1) is 0 Å². The Morgan fingerprint density at radius 1 is 1.04 bits per heavy atom. The van der Waals surface area contributed by atoms with Crippen molar-refractivity contribution in [2.75, 3.05) is 7.05 Å². The summed E-state index contributed by atoms with van der Waals surface area (Å²) >= 11 is 0. The summed E-state index contributed by atoms with van der Waals surface area (Å²) in [5, 5.41) is 31.2. The topological polar surface area (TPSA) is 120 Å². The number of benzene rings is 2. The summed E-state index contributed by atoms with van der Waals surface area (Å²) in [6, 6.07) is 7.80. The number of fused-ring (bicyclic) bond motifs is 1. The van der Waals surface area contributed by atoms with Crippen molar-refractivity contribution in [2.45, 2.75) is 0 Å². The first-order chi connectivity index (χ1) is 11.4. The van der Waals surface area contributed by atoms with E-state index in [-0.39, 0.29) is 33.8 Å². The third kappa shape index (κ3) is 2.41. The Bertz CT molecular complexity index is 1000. The molecule has 3 aromatic rings. The Balaban J connectivity index is 2.45. The summed E-state index contributed by atoms with van der Waals surface area (Å²) in [6.45, 7) is 0.